The summed E-state index contributed by atoms with van der Waals surface area (Å²) in [7, 11) is 0. The second kappa shape index (κ2) is 26.9. The van der Waals surface area contributed by atoms with E-state index in [1.807, 2.05) is 18.2 Å². The van der Waals surface area contributed by atoms with E-state index < -0.39 is 0 Å². The van der Waals surface area contributed by atoms with E-state index >= 15 is 0 Å². The SMILES string of the molecule is Nc1ccccc1OCCOCCOCCOCCOCCOCCOCCOCCCCCCCl. The maximum Gasteiger partial charge on any atom is 0.142 e. The quantitative estimate of drug-likeness (QED) is 0.0980. The van der Waals surface area contributed by atoms with Gasteiger partial charge in [-0.1, -0.05) is 25.0 Å². The molecule has 1 rings (SSSR count). The first kappa shape index (κ1) is 32.9. The predicted molar refractivity (Wildman–Crippen MR) is 141 cm³/mol. The van der Waals surface area contributed by atoms with E-state index in [9.17, 15) is 0 Å². The lowest BCUT2D eigenvalue weighted by atomic mass is 10.2. The number of nitrogen functional groups attached to an aromatic ring is 1. The number of nitrogens with two attached hydrogens (primary N) is 1. The first-order valence-electron chi connectivity index (χ1n) is 12.9. The Hall–Kier alpha value is -1.17. The van der Waals surface area contributed by atoms with Crippen LogP contribution in [0, 0.1) is 0 Å². The number of rotatable bonds is 28. The summed E-state index contributed by atoms with van der Waals surface area (Å²) in [5, 5.41) is 0. The van der Waals surface area contributed by atoms with Crippen LogP contribution in [0.2, 0.25) is 0 Å². The van der Waals surface area contributed by atoms with Gasteiger partial charge in [0, 0.05) is 12.5 Å². The minimum atomic E-state index is 0.447. The van der Waals surface area contributed by atoms with Crippen LogP contribution in [0.3, 0.4) is 0 Å². The number of halogens is 1. The van der Waals surface area contributed by atoms with Gasteiger partial charge in [0.2, 0.25) is 0 Å². The molecule has 0 radical (unpaired) electrons. The maximum absolute atomic E-state index is 5.81. The predicted octanol–water partition coefficient (Wildman–Crippen LogP) is 3.56. The molecule has 0 saturated carbocycles. The first-order valence-corrected chi connectivity index (χ1v) is 13.5. The summed E-state index contributed by atoms with van der Waals surface area (Å²) in [6.07, 6.45) is 4.51. The lowest BCUT2D eigenvalue weighted by Crippen LogP contribution is -2.15. The number of hydrogen-bond donors (Lipinski definition) is 1. The van der Waals surface area contributed by atoms with Crippen LogP contribution < -0.4 is 10.5 Å². The monoisotopic (exact) mass is 535 g/mol. The summed E-state index contributed by atoms with van der Waals surface area (Å²) < 4.78 is 43.8. The second-order valence-corrected chi connectivity index (χ2v) is 8.15. The van der Waals surface area contributed by atoms with Gasteiger partial charge in [0.1, 0.15) is 12.4 Å². The number of unbranched alkanes of at least 4 members (excludes halogenated alkanes) is 3. The molecular weight excluding hydrogens is 490 g/mol. The van der Waals surface area contributed by atoms with Gasteiger partial charge in [-0.05, 0) is 25.0 Å². The van der Waals surface area contributed by atoms with Crippen LogP contribution in [0.4, 0.5) is 5.69 Å². The van der Waals surface area contributed by atoms with Crippen LogP contribution in [0.25, 0.3) is 0 Å². The van der Waals surface area contributed by atoms with Crippen molar-refractivity contribution < 1.29 is 37.9 Å². The normalized spacial score (nSPS) is 11.2. The van der Waals surface area contributed by atoms with E-state index in [1.54, 1.807) is 6.07 Å². The number of alkyl halides is 1. The summed E-state index contributed by atoms with van der Waals surface area (Å²) in [4.78, 5) is 0. The van der Waals surface area contributed by atoms with Crippen molar-refractivity contribution in [3.8, 4) is 5.75 Å². The molecule has 1 aromatic rings. The Kier molecular flexibility index (Phi) is 24.5. The third kappa shape index (κ3) is 22.1. The summed E-state index contributed by atoms with van der Waals surface area (Å²) in [5.41, 5.74) is 6.43. The number of hydrogen-bond acceptors (Lipinski definition) is 9. The average molecular weight is 536 g/mol. The summed E-state index contributed by atoms with van der Waals surface area (Å²) >= 11 is 5.64. The van der Waals surface area contributed by atoms with Crippen molar-refractivity contribution in [1.29, 1.82) is 0 Å². The Morgan fingerprint density at radius 3 is 1.31 bits per heavy atom. The molecule has 9 nitrogen and oxygen atoms in total. The molecule has 0 bridgehead atoms. The molecule has 0 aliphatic carbocycles. The average Bonchev–Trinajstić information content (AvgIpc) is 2.89. The summed E-state index contributed by atoms with van der Waals surface area (Å²) in [6.45, 7) is 8.21. The highest BCUT2D eigenvalue weighted by molar-refractivity contribution is 6.17. The highest BCUT2D eigenvalue weighted by atomic mass is 35.5. The van der Waals surface area contributed by atoms with Gasteiger partial charge in [-0.3, -0.25) is 0 Å². The number of benzene rings is 1. The zero-order chi connectivity index (χ0) is 25.8. The standard InChI is InChI=1S/C26H46ClNO8/c27-9-5-1-2-6-10-29-11-12-30-13-14-31-15-16-32-17-18-33-19-20-34-21-22-35-23-24-36-26-8-4-3-7-25(26)28/h3-4,7-8H,1-2,5-6,9-24,28H2. The molecule has 36 heavy (non-hydrogen) atoms. The van der Waals surface area contributed by atoms with Crippen molar-refractivity contribution in [1.82, 2.24) is 0 Å². The molecule has 0 amide bonds. The van der Waals surface area contributed by atoms with Gasteiger partial charge in [-0.2, -0.15) is 0 Å². The van der Waals surface area contributed by atoms with Crippen LogP contribution in [0.5, 0.6) is 5.75 Å². The van der Waals surface area contributed by atoms with Crippen LogP contribution in [-0.4, -0.2) is 105 Å². The Labute approximate surface area is 221 Å². The van der Waals surface area contributed by atoms with Gasteiger partial charge < -0.3 is 43.6 Å². The van der Waals surface area contributed by atoms with Crippen LogP contribution in [-0.2, 0) is 33.2 Å². The minimum absolute atomic E-state index is 0.447. The highest BCUT2D eigenvalue weighted by Crippen LogP contribution is 2.19. The van der Waals surface area contributed by atoms with Crippen LogP contribution >= 0.6 is 11.6 Å². The van der Waals surface area contributed by atoms with E-state index in [2.05, 4.69) is 0 Å². The summed E-state index contributed by atoms with van der Waals surface area (Å²) in [5.74, 6) is 1.42. The Morgan fingerprint density at radius 2 is 0.861 bits per heavy atom. The molecule has 0 unspecified atom stereocenters. The van der Waals surface area contributed by atoms with E-state index in [-0.39, 0.29) is 0 Å². The van der Waals surface area contributed by atoms with E-state index in [4.69, 9.17) is 55.2 Å². The fraction of sp³-hybridized carbons (Fsp3) is 0.769. The largest absolute Gasteiger partial charge is 0.489 e. The van der Waals surface area contributed by atoms with Gasteiger partial charge in [0.25, 0.3) is 0 Å². The molecule has 0 saturated heterocycles. The molecule has 0 spiro atoms. The molecule has 210 valence electrons. The van der Waals surface area contributed by atoms with Crippen molar-refractivity contribution in [2.45, 2.75) is 25.7 Å². The topological polar surface area (TPSA) is 99.9 Å². The Balaban J connectivity index is 1.66. The van der Waals surface area contributed by atoms with Crippen LogP contribution in [0.1, 0.15) is 25.7 Å². The zero-order valence-electron chi connectivity index (χ0n) is 21.7. The third-order valence-electron chi connectivity index (χ3n) is 4.81. The molecule has 0 aliphatic rings. The molecule has 1 aromatic carbocycles. The van der Waals surface area contributed by atoms with Crippen molar-refractivity contribution >= 4 is 17.3 Å². The Morgan fingerprint density at radius 1 is 0.472 bits per heavy atom. The minimum Gasteiger partial charge on any atom is -0.489 e. The number of ether oxygens (including phenoxy) is 8. The maximum atomic E-state index is 5.81. The fourth-order valence-corrected chi connectivity index (χ4v) is 3.09. The van der Waals surface area contributed by atoms with Crippen molar-refractivity contribution in [2.75, 3.05) is 111 Å². The lowest BCUT2D eigenvalue weighted by Gasteiger charge is -2.09. The molecule has 0 atom stereocenters. The van der Waals surface area contributed by atoms with Gasteiger partial charge in [-0.15, -0.1) is 11.6 Å². The van der Waals surface area contributed by atoms with Crippen LogP contribution in [0.15, 0.2) is 24.3 Å². The lowest BCUT2D eigenvalue weighted by molar-refractivity contribution is -0.0212. The van der Waals surface area contributed by atoms with Gasteiger partial charge in [0.15, 0.2) is 0 Å². The van der Waals surface area contributed by atoms with E-state index in [0.717, 1.165) is 25.3 Å². The highest BCUT2D eigenvalue weighted by Gasteiger charge is 1.98. The molecule has 0 fully saturated rings. The fourth-order valence-electron chi connectivity index (χ4n) is 2.90. The van der Waals surface area contributed by atoms with Crippen molar-refractivity contribution in [3.63, 3.8) is 0 Å². The number of anilines is 1. The van der Waals surface area contributed by atoms with E-state index in [1.165, 1.54) is 12.8 Å². The molecule has 2 N–H and O–H groups in total. The van der Waals surface area contributed by atoms with E-state index in [0.29, 0.717) is 104 Å². The summed E-state index contributed by atoms with van der Waals surface area (Å²) in [6, 6.07) is 7.39. The molecular formula is C26H46ClNO8. The van der Waals surface area contributed by atoms with Gasteiger partial charge in [-0.25, -0.2) is 0 Å². The Bertz CT molecular complexity index is 585. The third-order valence-corrected chi connectivity index (χ3v) is 5.08. The van der Waals surface area contributed by atoms with Gasteiger partial charge in [0.05, 0.1) is 91.6 Å². The smallest absolute Gasteiger partial charge is 0.142 e. The van der Waals surface area contributed by atoms with Crippen molar-refractivity contribution in [3.05, 3.63) is 24.3 Å². The molecule has 10 heteroatoms. The first-order chi connectivity index (χ1) is 17.8. The second-order valence-electron chi connectivity index (χ2n) is 7.78. The van der Waals surface area contributed by atoms with Gasteiger partial charge >= 0.3 is 0 Å². The molecule has 0 aliphatic heterocycles. The zero-order valence-corrected chi connectivity index (χ0v) is 22.4. The molecule has 0 aromatic heterocycles. The van der Waals surface area contributed by atoms with Crippen molar-refractivity contribution in [2.24, 2.45) is 0 Å². The molecule has 0 heterocycles. The number of para-hydroxylation sites is 2.